The van der Waals surface area contributed by atoms with Crippen molar-refractivity contribution in [3.05, 3.63) is 55.0 Å². The minimum atomic E-state index is -0.234. The van der Waals surface area contributed by atoms with Crippen molar-refractivity contribution in [1.82, 2.24) is 14.3 Å². The van der Waals surface area contributed by atoms with Gasteiger partial charge in [-0.25, -0.2) is 0 Å². The number of fused-ring (bicyclic) bond motifs is 1. The number of hydrogen-bond acceptors (Lipinski definition) is 3. The van der Waals surface area contributed by atoms with Crippen LogP contribution in [-0.4, -0.2) is 28.1 Å². The number of aromatic nitrogens is 3. The van der Waals surface area contributed by atoms with E-state index in [1.165, 1.54) is 15.3 Å². The first kappa shape index (κ1) is 16.8. The first-order valence-corrected chi connectivity index (χ1v) is 7.96. The monoisotopic (exact) mass is 367 g/mol. The number of benzene rings is 1. The van der Waals surface area contributed by atoms with E-state index >= 15 is 0 Å². The van der Waals surface area contributed by atoms with Gasteiger partial charge in [0.2, 0.25) is 0 Å². The van der Waals surface area contributed by atoms with E-state index in [1.807, 2.05) is 0 Å². The Hall–Kier alpha value is -2.02. The number of ether oxygens (including phenoxy) is 1. The zero-order valence-corrected chi connectivity index (χ0v) is 14.6. The van der Waals surface area contributed by atoms with Gasteiger partial charge in [-0.05, 0) is 12.1 Å². The number of aromatic amines is 1. The predicted molar refractivity (Wildman–Crippen MR) is 95.1 cm³/mol. The van der Waals surface area contributed by atoms with Crippen LogP contribution in [0.1, 0.15) is 0 Å². The average Bonchev–Trinajstić information content (AvgIpc) is 2.82. The van der Waals surface area contributed by atoms with Crippen LogP contribution in [0.4, 0.5) is 0 Å². The molecule has 0 radical (unpaired) electrons. The maximum atomic E-state index is 12.5. The second-order valence-corrected chi connectivity index (χ2v) is 6.18. The van der Waals surface area contributed by atoms with E-state index in [4.69, 9.17) is 27.9 Å². The minimum Gasteiger partial charge on any atom is -0.383 e. The number of halogens is 2. The largest absolute Gasteiger partial charge is 0.383 e. The summed E-state index contributed by atoms with van der Waals surface area (Å²) < 4.78 is 7.94. The third-order valence-corrected chi connectivity index (χ3v) is 4.57. The summed E-state index contributed by atoms with van der Waals surface area (Å²) in [6.45, 7) is 0.652. The van der Waals surface area contributed by atoms with E-state index in [2.05, 4.69) is 5.10 Å². The van der Waals surface area contributed by atoms with Crippen LogP contribution in [0.2, 0.25) is 10.0 Å². The van der Waals surface area contributed by atoms with Gasteiger partial charge in [0.15, 0.2) is 0 Å². The lowest BCUT2D eigenvalue weighted by Crippen LogP contribution is -2.24. The molecule has 0 amide bonds. The number of H-pyrrole nitrogens is 1. The highest BCUT2D eigenvalue weighted by Crippen LogP contribution is 2.30. The predicted octanol–water partition coefficient (Wildman–Crippen LogP) is 2.65. The van der Waals surface area contributed by atoms with Crippen LogP contribution >= 0.6 is 23.2 Å². The van der Waals surface area contributed by atoms with E-state index in [0.29, 0.717) is 45.4 Å². The van der Waals surface area contributed by atoms with Gasteiger partial charge in [0.25, 0.3) is 11.1 Å². The second-order valence-electron chi connectivity index (χ2n) is 5.37. The molecule has 3 rings (SSSR count). The van der Waals surface area contributed by atoms with Gasteiger partial charge in [-0.2, -0.15) is 0 Å². The van der Waals surface area contributed by atoms with Crippen LogP contribution in [0.3, 0.4) is 0 Å². The molecule has 0 spiro atoms. The Kier molecular flexibility index (Phi) is 4.54. The Bertz CT molecular complexity index is 1030. The molecule has 6 nitrogen and oxygen atoms in total. The number of methoxy groups -OCH3 is 1. The maximum Gasteiger partial charge on any atom is 0.276 e. The molecule has 0 saturated heterocycles. The summed E-state index contributed by atoms with van der Waals surface area (Å²) >= 11 is 12.1. The zero-order chi connectivity index (χ0) is 17.4. The average molecular weight is 368 g/mol. The summed E-state index contributed by atoms with van der Waals surface area (Å²) in [7, 11) is 3.16. The molecule has 0 aliphatic carbocycles. The lowest BCUT2D eigenvalue weighted by molar-refractivity contribution is 0.187. The van der Waals surface area contributed by atoms with E-state index < -0.39 is 0 Å². The molecule has 2 aromatic heterocycles. The molecular formula is C16H15Cl2N3O3. The fourth-order valence-electron chi connectivity index (χ4n) is 2.70. The number of nitrogens with one attached hydrogen (secondary N) is 1. The minimum absolute atomic E-state index is 0.225. The van der Waals surface area contributed by atoms with Crippen LogP contribution in [0.15, 0.2) is 33.9 Å². The molecule has 0 bridgehead atoms. The first-order valence-electron chi connectivity index (χ1n) is 7.21. The molecule has 1 aromatic carbocycles. The molecule has 1 N–H and O–H groups in total. The lowest BCUT2D eigenvalue weighted by atomic mass is 10.1. The fourth-order valence-corrected chi connectivity index (χ4v) is 3.00. The van der Waals surface area contributed by atoms with Gasteiger partial charge in [0.1, 0.15) is 0 Å². The van der Waals surface area contributed by atoms with Gasteiger partial charge < -0.3 is 9.30 Å². The van der Waals surface area contributed by atoms with Crippen molar-refractivity contribution in [3.8, 4) is 11.3 Å². The first-order chi connectivity index (χ1) is 11.4. The van der Waals surface area contributed by atoms with Crippen LogP contribution < -0.4 is 11.1 Å². The van der Waals surface area contributed by atoms with Crippen molar-refractivity contribution in [2.75, 3.05) is 13.7 Å². The summed E-state index contributed by atoms with van der Waals surface area (Å²) in [5, 5.41) is 4.06. The van der Waals surface area contributed by atoms with Crippen LogP contribution in [0.25, 0.3) is 22.2 Å². The summed E-state index contributed by atoms with van der Waals surface area (Å²) in [5.41, 5.74) is 1.15. The van der Waals surface area contributed by atoms with E-state index in [0.717, 1.165) is 0 Å². The quantitative estimate of drug-likeness (QED) is 0.770. The van der Waals surface area contributed by atoms with Gasteiger partial charge in [-0.15, -0.1) is 0 Å². The van der Waals surface area contributed by atoms with Crippen molar-refractivity contribution < 1.29 is 4.74 Å². The van der Waals surface area contributed by atoms with Crippen molar-refractivity contribution >= 4 is 34.1 Å². The molecule has 126 valence electrons. The molecule has 0 fully saturated rings. The summed E-state index contributed by atoms with van der Waals surface area (Å²) in [5.74, 6) is 0. The third kappa shape index (κ3) is 2.77. The SMILES string of the molecule is COCCn1c(-c2ccc(Cl)c(Cl)c2)c2c(=O)n(C)[nH]c2cc1=O. The molecule has 0 aliphatic heterocycles. The lowest BCUT2D eigenvalue weighted by Gasteiger charge is -2.14. The standard InChI is InChI=1S/C16H15Cl2N3O3/c1-20-16(23)14-12(19-20)8-13(22)21(5-6-24-2)15(14)9-3-4-10(17)11(18)7-9/h3-4,7-8,19H,5-6H2,1-2H3. The van der Waals surface area contributed by atoms with Gasteiger partial charge in [0.05, 0.1) is 33.2 Å². The third-order valence-electron chi connectivity index (χ3n) is 3.83. The highest BCUT2D eigenvalue weighted by molar-refractivity contribution is 6.42. The molecule has 0 atom stereocenters. The molecule has 24 heavy (non-hydrogen) atoms. The summed E-state index contributed by atoms with van der Waals surface area (Å²) in [6, 6.07) is 6.43. The van der Waals surface area contributed by atoms with E-state index in [1.54, 1.807) is 32.4 Å². The van der Waals surface area contributed by atoms with Gasteiger partial charge >= 0.3 is 0 Å². The molecular weight excluding hydrogens is 353 g/mol. The number of rotatable bonds is 4. The van der Waals surface area contributed by atoms with Gasteiger partial charge in [-0.3, -0.25) is 19.4 Å². The number of hydrogen-bond donors (Lipinski definition) is 1. The number of pyridine rings is 1. The van der Waals surface area contributed by atoms with Crippen LogP contribution in [0, 0.1) is 0 Å². The molecule has 0 saturated carbocycles. The zero-order valence-electron chi connectivity index (χ0n) is 13.1. The molecule has 8 heteroatoms. The van der Waals surface area contributed by atoms with E-state index in [-0.39, 0.29) is 11.1 Å². The van der Waals surface area contributed by atoms with Crippen LogP contribution in [0.5, 0.6) is 0 Å². The summed E-state index contributed by atoms with van der Waals surface area (Å²) in [6.07, 6.45) is 0. The molecule has 0 aliphatic rings. The van der Waals surface area contributed by atoms with Crippen molar-refractivity contribution in [1.29, 1.82) is 0 Å². The molecule has 0 unspecified atom stereocenters. The Morgan fingerprint density at radius 3 is 2.58 bits per heavy atom. The topological polar surface area (TPSA) is 69.0 Å². The van der Waals surface area contributed by atoms with Crippen molar-refractivity contribution in [2.45, 2.75) is 6.54 Å². The Labute approximate surface area is 147 Å². The maximum absolute atomic E-state index is 12.5. The highest BCUT2D eigenvalue weighted by Gasteiger charge is 2.18. The highest BCUT2D eigenvalue weighted by atomic mass is 35.5. The van der Waals surface area contributed by atoms with Gasteiger partial charge in [-0.1, -0.05) is 29.3 Å². The number of nitrogens with zero attached hydrogens (tertiary/aromatic N) is 2. The van der Waals surface area contributed by atoms with Crippen LogP contribution in [-0.2, 0) is 18.3 Å². The Morgan fingerprint density at radius 1 is 1.17 bits per heavy atom. The molecule has 3 aromatic rings. The smallest absolute Gasteiger partial charge is 0.276 e. The second kappa shape index (κ2) is 6.47. The fraction of sp³-hybridized carbons (Fsp3) is 0.250. The molecule has 2 heterocycles. The van der Waals surface area contributed by atoms with Gasteiger partial charge in [0, 0.05) is 32.3 Å². The summed E-state index contributed by atoms with van der Waals surface area (Å²) in [4.78, 5) is 25.1. The normalized spacial score (nSPS) is 11.3. The van der Waals surface area contributed by atoms with Crippen molar-refractivity contribution in [2.24, 2.45) is 7.05 Å². The van der Waals surface area contributed by atoms with E-state index in [9.17, 15) is 9.59 Å². The Balaban J connectivity index is 2.42. The van der Waals surface area contributed by atoms with Crippen molar-refractivity contribution in [3.63, 3.8) is 0 Å². The Morgan fingerprint density at radius 2 is 1.92 bits per heavy atom. The number of aryl methyl sites for hydroxylation is 1.